The molecular weight excluding hydrogens is 226 g/mol. The van der Waals surface area contributed by atoms with Gasteiger partial charge >= 0.3 is 5.97 Å². The van der Waals surface area contributed by atoms with Gasteiger partial charge in [0.05, 0.1) is 5.70 Å². The molecule has 3 nitrogen and oxygen atoms in total. The Morgan fingerprint density at radius 2 is 2.00 bits per heavy atom. The van der Waals surface area contributed by atoms with Crippen molar-refractivity contribution < 1.29 is 9.53 Å². The second-order valence-electron chi connectivity index (χ2n) is 5.05. The summed E-state index contributed by atoms with van der Waals surface area (Å²) >= 11 is 0. The summed E-state index contributed by atoms with van der Waals surface area (Å²) in [6.45, 7) is 2.33. The van der Waals surface area contributed by atoms with Gasteiger partial charge in [-0.2, -0.15) is 0 Å². The highest BCUT2D eigenvalue weighted by molar-refractivity contribution is 5.85. The lowest BCUT2D eigenvalue weighted by atomic mass is 10.2. The third-order valence-corrected chi connectivity index (χ3v) is 3.44. The van der Waals surface area contributed by atoms with Crippen molar-refractivity contribution in [1.29, 1.82) is 0 Å². The van der Waals surface area contributed by atoms with Crippen molar-refractivity contribution >= 4 is 5.97 Å². The van der Waals surface area contributed by atoms with E-state index in [1.165, 1.54) is 18.4 Å². The number of ether oxygens (including phenoxy) is 1. The quantitative estimate of drug-likeness (QED) is 0.743. The second-order valence-corrected chi connectivity index (χ2v) is 5.05. The highest BCUT2D eigenvalue weighted by Gasteiger charge is 2.27. The predicted octanol–water partition coefficient (Wildman–Crippen LogP) is 2.34. The van der Waals surface area contributed by atoms with E-state index in [0.29, 0.717) is 6.61 Å². The number of benzene rings is 1. The van der Waals surface area contributed by atoms with Gasteiger partial charge in [-0.3, -0.25) is 0 Å². The van der Waals surface area contributed by atoms with E-state index in [-0.39, 0.29) is 5.97 Å². The topological polar surface area (TPSA) is 29.5 Å². The minimum atomic E-state index is -0.209. The van der Waals surface area contributed by atoms with Crippen LogP contribution < -0.4 is 0 Å². The van der Waals surface area contributed by atoms with Gasteiger partial charge < -0.3 is 9.64 Å². The van der Waals surface area contributed by atoms with Crippen LogP contribution in [0.2, 0.25) is 0 Å². The lowest BCUT2D eigenvalue weighted by molar-refractivity contribution is -0.135. The predicted molar refractivity (Wildman–Crippen MR) is 68.6 cm³/mol. The summed E-state index contributed by atoms with van der Waals surface area (Å²) in [4.78, 5) is 13.5. The summed E-state index contributed by atoms with van der Waals surface area (Å²) in [6, 6.07) is 10.4. The van der Waals surface area contributed by atoms with Crippen molar-refractivity contribution in [3.63, 3.8) is 0 Å². The SMILES string of the molecule is O=C1C=C(N(Cc2ccccc2)CC2CC2)CO1. The van der Waals surface area contributed by atoms with Crippen LogP contribution in [0.15, 0.2) is 42.1 Å². The van der Waals surface area contributed by atoms with Crippen molar-refractivity contribution in [2.45, 2.75) is 19.4 Å². The van der Waals surface area contributed by atoms with E-state index in [9.17, 15) is 4.79 Å². The van der Waals surface area contributed by atoms with E-state index in [1.54, 1.807) is 6.08 Å². The zero-order chi connectivity index (χ0) is 12.4. The molecule has 1 heterocycles. The highest BCUT2D eigenvalue weighted by Crippen LogP contribution is 2.32. The van der Waals surface area contributed by atoms with Gasteiger partial charge in [-0.1, -0.05) is 30.3 Å². The van der Waals surface area contributed by atoms with E-state index < -0.39 is 0 Å². The number of carbonyl (C=O) groups is 1. The van der Waals surface area contributed by atoms with Crippen molar-refractivity contribution in [1.82, 2.24) is 4.90 Å². The second kappa shape index (κ2) is 4.84. The van der Waals surface area contributed by atoms with Gasteiger partial charge in [-0.05, 0) is 24.3 Å². The van der Waals surface area contributed by atoms with Crippen molar-refractivity contribution in [2.75, 3.05) is 13.2 Å². The normalized spacial score (nSPS) is 18.4. The maximum atomic E-state index is 11.2. The zero-order valence-electron chi connectivity index (χ0n) is 10.3. The van der Waals surface area contributed by atoms with Crippen LogP contribution in [-0.2, 0) is 16.1 Å². The Morgan fingerprint density at radius 1 is 1.22 bits per heavy atom. The van der Waals surface area contributed by atoms with Gasteiger partial charge in [0.15, 0.2) is 0 Å². The summed E-state index contributed by atoms with van der Waals surface area (Å²) in [5.74, 6) is 0.587. The molecule has 1 aromatic rings. The van der Waals surface area contributed by atoms with Crippen LogP contribution in [0.25, 0.3) is 0 Å². The number of hydrogen-bond donors (Lipinski definition) is 0. The number of nitrogens with zero attached hydrogens (tertiary/aromatic N) is 1. The van der Waals surface area contributed by atoms with Gasteiger partial charge in [-0.15, -0.1) is 0 Å². The first-order valence-corrected chi connectivity index (χ1v) is 6.47. The number of hydrogen-bond acceptors (Lipinski definition) is 3. The molecule has 3 heteroatoms. The van der Waals surface area contributed by atoms with Crippen LogP contribution in [0.3, 0.4) is 0 Å². The molecule has 0 unspecified atom stereocenters. The molecule has 0 N–H and O–H groups in total. The van der Waals surface area contributed by atoms with Crippen LogP contribution in [0, 0.1) is 5.92 Å². The Balaban J connectivity index is 1.73. The lowest BCUT2D eigenvalue weighted by Crippen LogP contribution is -2.25. The molecule has 18 heavy (non-hydrogen) atoms. The number of esters is 1. The van der Waals surface area contributed by atoms with Gasteiger partial charge in [0.2, 0.25) is 0 Å². The van der Waals surface area contributed by atoms with E-state index in [1.807, 2.05) is 6.07 Å². The maximum absolute atomic E-state index is 11.2. The van der Waals surface area contributed by atoms with E-state index in [2.05, 4.69) is 29.2 Å². The van der Waals surface area contributed by atoms with Crippen LogP contribution in [0.1, 0.15) is 18.4 Å². The first-order valence-electron chi connectivity index (χ1n) is 6.47. The fourth-order valence-corrected chi connectivity index (χ4v) is 2.25. The maximum Gasteiger partial charge on any atom is 0.333 e. The summed E-state index contributed by atoms with van der Waals surface area (Å²) < 4.78 is 5.01. The fourth-order valence-electron chi connectivity index (χ4n) is 2.25. The molecule has 0 saturated heterocycles. The third kappa shape index (κ3) is 2.73. The molecular formula is C15H17NO2. The first kappa shape index (κ1) is 11.3. The van der Waals surface area contributed by atoms with E-state index in [0.717, 1.165) is 24.7 Å². The number of rotatable bonds is 5. The average molecular weight is 243 g/mol. The van der Waals surface area contributed by atoms with Crippen LogP contribution in [0.5, 0.6) is 0 Å². The molecule has 1 fully saturated rings. The third-order valence-electron chi connectivity index (χ3n) is 3.44. The Labute approximate surface area is 107 Å². The molecule has 3 rings (SSSR count). The largest absolute Gasteiger partial charge is 0.456 e. The van der Waals surface area contributed by atoms with Gasteiger partial charge in [0.25, 0.3) is 0 Å². The molecule has 1 aromatic carbocycles. The molecule has 0 bridgehead atoms. The smallest absolute Gasteiger partial charge is 0.333 e. The van der Waals surface area contributed by atoms with Gasteiger partial charge in [0.1, 0.15) is 6.61 Å². The Morgan fingerprint density at radius 3 is 2.61 bits per heavy atom. The number of carbonyl (C=O) groups excluding carboxylic acids is 1. The minimum Gasteiger partial charge on any atom is -0.456 e. The van der Waals surface area contributed by atoms with Crippen molar-refractivity contribution in [3.8, 4) is 0 Å². The number of cyclic esters (lactones) is 1. The molecule has 0 atom stereocenters. The minimum absolute atomic E-state index is 0.209. The molecule has 0 amide bonds. The molecule has 1 aliphatic carbocycles. The highest BCUT2D eigenvalue weighted by atomic mass is 16.5. The Bertz CT molecular complexity index is 463. The standard InChI is InChI=1S/C15H17NO2/c17-15-8-14(11-18-15)16(10-13-6-7-13)9-12-4-2-1-3-5-12/h1-5,8,13H,6-7,9-11H2. The molecule has 0 spiro atoms. The first-order chi connectivity index (χ1) is 8.81. The van der Waals surface area contributed by atoms with Crippen LogP contribution in [-0.4, -0.2) is 24.0 Å². The van der Waals surface area contributed by atoms with Gasteiger partial charge in [-0.25, -0.2) is 4.79 Å². The molecule has 2 aliphatic rings. The molecule has 0 aromatic heterocycles. The lowest BCUT2D eigenvalue weighted by Gasteiger charge is -2.25. The van der Waals surface area contributed by atoms with Crippen LogP contribution in [0.4, 0.5) is 0 Å². The van der Waals surface area contributed by atoms with Gasteiger partial charge in [0, 0.05) is 19.2 Å². The summed E-state index contributed by atoms with van der Waals surface area (Å²) in [7, 11) is 0. The Kier molecular flexibility index (Phi) is 3.05. The van der Waals surface area contributed by atoms with Crippen molar-refractivity contribution in [2.24, 2.45) is 5.92 Å². The molecule has 94 valence electrons. The average Bonchev–Trinajstić information content (AvgIpc) is 3.10. The molecule has 1 aliphatic heterocycles. The Hall–Kier alpha value is -1.77. The summed E-state index contributed by atoms with van der Waals surface area (Å²) in [6.07, 6.45) is 4.26. The fraction of sp³-hybridized carbons (Fsp3) is 0.400. The van der Waals surface area contributed by atoms with E-state index >= 15 is 0 Å². The molecule has 1 saturated carbocycles. The summed E-state index contributed by atoms with van der Waals surface area (Å²) in [5, 5.41) is 0. The summed E-state index contributed by atoms with van der Waals surface area (Å²) in [5.41, 5.74) is 2.30. The monoisotopic (exact) mass is 243 g/mol. The van der Waals surface area contributed by atoms with Crippen LogP contribution >= 0.6 is 0 Å². The van der Waals surface area contributed by atoms with Crippen molar-refractivity contribution in [3.05, 3.63) is 47.7 Å². The van der Waals surface area contributed by atoms with E-state index in [4.69, 9.17) is 4.74 Å². The zero-order valence-corrected chi connectivity index (χ0v) is 10.3. The molecule has 0 radical (unpaired) electrons.